The van der Waals surface area contributed by atoms with E-state index in [1.54, 1.807) is 11.3 Å². The Morgan fingerprint density at radius 1 is 1.60 bits per heavy atom. The van der Waals surface area contributed by atoms with Crippen molar-refractivity contribution < 1.29 is 0 Å². The average molecular weight is 260 g/mol. The number of rotatable bonds is 3. The van der Waals surface area contributed by atoms with Gasteiger partial charge < -0.3 is 5.84 Å². The van der Waals surface area contributed by atoms with Crippen molar-refractivity contribution in [1.82, 2.24) is 25.1 Å². The van der Waals surface area contributed by atoms with Crippen LogP contribution in [-0.4, -0.2) is 25.1 Å². The summed E-state index contributed by atoms with van der Waals surface area (Å²) in [6.45, 7) is 1.92. The minimum absolute atomic E-state index is 0.416. The van der Waals surface area contributed by atoms with Crippen molar-refractivity contribution >= 4 is 35.3 Å². The zero-order valence-corrected chi connectivity index (χ0v) is 10.2. The lowest BCUT2D eigenvalue weighted by atomic mass is 10.7. The van der Waals surface area contributed by atoms with Gasteiger partial charge in [0.05, 0.1) is 5.75 Å². The summed E-state index contributed by atoms with van der Waals surface area (Å²) in [5.74, 6) is 6.96. The first-order valence-electron chi connectivity index (χ1n) is 4.01. The molecule has 0 bridgehead atoms. The van der Waals surface area contributed by atoms with Gasteiger partial charge in [0.15, 0.2) is 10.2 Å². The van der Waals surface area contributed by atoms with E-state index in [0.29, 0.717) is 16.3 Å². The molecule has 0 atom stereocenters. The van der Waals surface area contributed by atoms with Gasteiger partial charge in [-0.05, 0) is 19.1 Å². The van der Waals surface area contributed by atoms with Crippen LogP contribution in [0.3, 0.4) is 0 Å². The minimum Gasteiger partial charge on any atom is -0.335 e. The van der Waals surface area contributed by atoms with Crippen LogP contribution in [-0.2, 0) is 5.75 Å². The number of H-pyrrole nitrogens is 1. The zero-order valence-electron chi connectivity index (χ0n) is 7.80. The summed E-state index contributed by atoms with van der Waals surface area (Å²) in [7, 11) is 0. The third kappa shape index (κ3) is 2.36. The normalized spacial score (nSPS) is 10.7. The maximum absolute atomic E-state index is 5.64. The van der Waals surface area contributed by atoms with Crippen LogP contribution in [0.4, 0.5) is 0 Å². The number of thioether (sulfide) groups is 1. The van der Waals surface area contributed by atoms with Gasteiger partial charge in [0, 0.05) is 0 Å². The van der Waals surface area contributed by atoms with Crippen LogP contribution in [0.2, 0.25) is 0 Å². The average Bonchev–Trinajstić information content (AvgIpc) is 2.74. The van der Waals surface area contributed by atoms with Gasteiger partial charge in [0.25, 0.3) is 0 Å². The van der Waals surface area contributed by atoms with Crippen LogP contribution in [0.15, 0.2) is 4.34 Å². The van der Waals surface area contributed by atoms with E-state index in [9.17, 15) is 0 Å². The Morgan fingerprint density at radius 3 is 2.93 bits per heavy atom. The van der Waals surface area contributed by atoms with Crippen molar-refractivity contribution in [2.75, 3.05) is 5.84 Å². The van der Waals surface area contributed by atoms with Gasteiger partial charge in [-0.1, -0.05) is 23.1 Å². The third-order valence-electron chi connectivity index (χ3n) is 1.61. The first-order chi connectivity index (χ1) is 7.16. The number of aromatic nitrogens is 5. The van der Waals surface area contributed by atoms with Gasteiger partial charge in [-0.3, -0.25) is 5.10 Å². The summed E-state index contributed by atoms with van der Waals surface area (Å²) in [6, 6.07) is 0. The van der Waals surface area contributed by atoms with Crippen molar-refractivity contribution in [3.05, 3.63) is 15.6 Å². The fourth-order valence-corrected chi connectivity index (χ4v) is 2.80. The predicted octanol–water partition coefficient (Wildman–Crippen LogP) is 1.11. The fourth-order valence-electron chi connectivity index (χ4n) is 0.902. The second kappa shape index (κ2) is 4.29. The molecule has 0 amide bonds. The molecular weight excluding hydrogens is 252 g/mol. The van der Waals surface area contributed by atoms with Crippen molar-refractivity contribution in [2.45, 2.75) is 17.0 Å². The Morgan fingerprint density at radius 2 is 2.40 bits per heavy atom. The molecule has 0 aromatic carbocycles. The van der Waals surface area contributed by atoms with Gasteiger partial charge in [0.1, 0.15) is 5.01 Å². The van der Waals surface area contributed by atoms with E-state index in [1.807, 2.05) is 6.92 Å². The predicted molar refractivity (Wildman–Crippen MR) is 61.8 cm³/mol. The van der Waals surface area contributed by atoms with E-state index in [4.69, 9.17) is 18.1 Å². The summed E-state index contributed by atoms with van der Waals surface area (Å²) in [4.78, 5) is 0. The number of aromatic amines is 1. The van der Waals surface area contributed by atoms with Crippen LogP contribution in [0.1, 0.15) is 10.8 Å². The first-order valence-corrected chi connectivity index (χ1v) is 6.22. The highest BCUT2D eigenvalue weighted by Gasteiger charge is 2.06. The molecule has 0 aliphatic heterocycles. The summed E-state index contributed by atoms with van der Waals surface area (Å²) < 4.78 is 2.68. The van der Waals surface area contributed by atoms with Gasteiger partial charge in [-0.2, -0.15) is 5.10 Å². The number of nitrogen functional groups attached to an aromatic ring is 1. The standard InChI is InChI=1S/C6H8N6S3/c1-3-8-11-6(15-3)14-2-4-9-10-5(13)12(4)7/h2,7H2,1H3,(H,10,13). The lowest BCUT2D eigenvalue weighted by molar-refractivity contribution is 0.904. The minimum atomic E-state index is 0.416. The second-order valence-corrected chi connectivity index (χ2v) is 5.48. The number of hydrogen-bond acceptors (Lipinski definition) is 7. The molecule has 15 heavy (non-hydrogen) atoms. The molecule has 2 heterocycles. The SMILES string of the molecule is Cc1nnc(SCc2n[nH]c(=S)n2N)s1. The molecule has 0 saturated heterocycles. The molecule has 0 spiro atoms. The zero-order chi connectivity index (χ0) is 10.8. The van der Waals surface area contributed by atoms with E-state index in [0.717, 1.165) is 9.35 Å². The number of nitrogens with two attached hydrogens (primary N) is 1. The first kappa shape index (κ1) is 10.6. The van der Waals surface area contributed by atoms with Crippen molar-refractivity contribution in [2.24, 2.45) is 0 Å². The lowest BCUT2D eigenvalue weighted by Gasteiger charge is -1.96. The Kier molecular flexibility index (Phi) is 3.03. The Balaban J connectivity index is 2.05. The molecule has 0 aliphatic carbocycles. The molecule has 0 unspecified atom stereocenters. The Hall–Kier alpha value is -0.930. The van der Waals surface area contributed by atoms with Crippen LogP contribution in [0.5, 0.6) is 0 Å². The monoisotopic (exact) mass is 260 g/mol. The highest BCUT2D eigenvalue weighted by atomic mass is 32.2. The number of nitrogens with zero attached hydrogens (tertiary/aromatic N) is 4. The number of nitrogens with one attached hydrogen (secondary N) is 1. The molecular formula is C6H8N6S3. The molecule has 2 aromatic rings. The highest BCUT2D eigenvalue weighted by Crippen LogP contribution is 2.24. The largest absolute Gasteiger partial charge is 0.335 e. The Labute approximate surface area is 98.9 Å². The van der Waals surface area contributed by atoms with Crippen molar-refractivity contribution in [3.63, 3.8) is 0 Å². The summed E-state index contributed by atoms with van der Waals surface area (Å²) in [5, 5.41) is 15.5. The van der Waals surface area contributed by atoms with Crippen LogP contribution in [0.25, 0.3) is 0 Å². The maximum atomic E-state index is 5.64. The third-order valence-corrected chi connectivity index (χ3v) is 3.87. The molecule has 3 N–H and O–H groups in total. The van der Waals surface area contributed by atoms with Gasteiger partial charge >= 0.3 is 0 Å². The molecule has 80 valence electrons. The maximum Gasteiger partial charge on any atom is 0.214 e. The highest BCUT2D eigenvalue weighted by molar-refractivity contribution is 8.00. The van der Waals surface area contributed by atoms with E-state index >= 15 is 0 Å². The quantitative estimate of drug-likeness (QED) is 0.488. The molecule has 2 rings (SSSR count). The van der Waals surface area contributed by atoms with E-state index in [2.05, 4.69) is 20.4 Å². The van der Waals surface area contributed by atoms with Gasteiger partial charge in [-0.25, -0.2) is 4.68 Å². The summed E-state index contributed by atoms with van der Waals surface area (Å²) in [6.07, 6.45) is 0. The van der Waals surface area contributed by atoms with Gasteiger partial charge in [0.2, 0.25) is 4.77 Å². The summed E-state index contributed by atoms with van der Waals surface area (Å²) >= 11 is 7.98. The fraction of sp³-hybridized carbons (Fsp3) is 0.333. The smallest absolute Gasteiger partial charge is 0.214 e. The van der Waals surface area contributed by atoms with E-state index in [1.165, 1.54) is 16.4 Å². The molecule has 6 nitrogen and oxygen atoms in total. The second-order valence-electron chi connectivity index (χ2n) is 2.69. The lowest BCUT2D eigenvalue weighted by Crippen LogP contribution is -2.11. The van der Waals surface area contributed by atoms with Crippen LogP contribution >= 0.6 is 35.3 Å². The molecule has 2 aromatic heterocycles. The molecule has 9 heteroatoms. The van der Waals surface area contributed by atoms with Crippen LogP contribution in [0, 0.1) is 11.7 Å². The molecule has 0 aliphatic rings. The number of hydrogen-bond donors (Lipinski definition) is 2. The topological polar surface area (TPSA) is 85.4 Å². The molecule has 0 saturated carbocycles. The number of aryl methyl sites for hydroxylation is 1. The van der Waals surface area contributed by atoms with Gasteiger partial charge in [-0.15, -0.1) is 10.2 Å². The van der Waals surface area contributed by atoms with E-state index < -0.39 is 0 Å². The Bertz CT molecular complexity index is 511. The summed E-state index contributed by atoms with van der Waals surface area (Å²) in [5.41, 5.74) is 0. The van der Waals surface area contributed by atoms with Crippen molar-refractivity contribution in [1.29, 1.82) is 0 Å². The molecule has 0 radical (unpaired) electrons. The van der Waals surface area contributed by atoms with E-state index in [-0.39, 0.29) is 0 Å². The van der Waals surface area contributed by atoms with Crippen LogP contribution < -0.4 is 5.84 Å². The molecule has 0 fully saturated rings. The van der Waals surface area contributed by atoms with Crippen molar-refractivity contribution in [3.8, 4) is 0 Å².